The fourth-order valence-corrected chi connectivity index (χ4v) is 7.55. The molecule has 0 aliphatic rings. The third kappa shape index (κ3) is 7.19. The number of nitrogens with zero attached hydrogens (tertiary/aromatic N) is 1. The Kier molecular flexibility index (Phi) is 10.8. The van der Waals surface area contributed by atoms with E-state index < -0.39 is 0 Å². The molecule has 0 saturated carbocycles. The maximum Gasteiger partial charge on any atom is 0.242 e. The summed E-state index contributed by atoms with van der Waals surface area (Å²) in [4.78, 5) is 2.36. The van der Waals surface area contributed by atoms with Crippen molar-refractivity contribution in [1.82, 2.24) is 0 Å². The van der Waals surface area contributed by atoms with Gasteiger partial charge in [-0.1, -0.05) is 153 Å². The van der Waals surface area contributed by atoms with Gasteiger partial charge in [0.25, 0.3) is 0 Å². The number of hydrogen-bond donors (Lipinski definition) is 0. The van der Waals surface area contributed by atoms with E-state index in [9.17, 15) is 0 Å². The molecule has 0 aromatic heterocycles. The summed E-state index contributed by atoms with van der Waals surface area (Å²) in [5, 5.41) is 0. The fourth-order valence-electron chi connectivity index (χ4n) is 7.55. The Bertz CT molecular complexity index is 1900. The molecule has 0 spiro atoms. The summed E-state index contributed by atoms with van der Waals surface area (Å²) < 4.78 is 0. The van der Waals surface area contributed by atoms with Crippen molar-refractivity contribution in [3.05, 3.63) is 172 Å². The Labute approximate surface area is 290 Å². The summed E-state index contributed by atoms with van der Waals surface area (Å²) in [7, 11) is 0. The second-order valence-corrected chi connectivity index (χ2v) is 13.4. The van der Waals surface area contributed by atoms with Gasteiger partial charge in [0.1, 0.15) is 0 Å². The molecule has 0 fully saturated rings. The van der Waals surface area contributed by atoms with Crippen LogP contribution in [0.25, 0.3) is 16.8 Å². The normalized spacial score (nSPS) is 12.1. The quantitative estimate of drug-likeness (QED) is 0.116. The van der Waals surface area contributed by atoms with Crippen LogP contribution in [0.1, 0.15) is 65.3 Å². The van der Waals surface area contributed by atoms with Crippen LogP contribution in [0.5, 0.6) is 0 Å². The second kappa shape index (κ2) is 14.9. The van der Waals surface area contributed by atoms with Gasteiger partial charge in [-0.2, -0.15) is 0 Å². The third-order valence-corrected chi connectivity index (χ3v) is 9.57. The zero-order chi connectivity index (χ0) is 34.5. The van der Waals surface area contributed by atoms with Crippen LogP contribution in [-0.4, -0.2) is 6.71 Å². The predicted molar refractivity (Wildman–Crippen MR) is 214 cm³/mol. The van der Waals surface area contributed by atoms with E-state index in [1.54, 1.807) is 0 Å². The maximum absolute atomic E-state index is 2.36. The molecule has 2 heteroatoms. The lowest BCUT2D eigenvalue weighted by Crippen LogP contribution is -2.55. The van der Waals surface area contributed by atoms with Gasteiger partial charge in [0, 0.05) is 22.6 Å². The molecule has 5 rings (SSSR count). The lowest BCUT2D eigenvalue weighted by Gasteiger charge is -2.29. The van der Waals surface area contributed by atoms with E-state index in [0.717, 1.165) is 11.4 Å². The number of benzene rings is 5. The largest absolute Gasteiger partial charge is 0.314 e. The highest BCUT2D eigenvalue weighted by Gasteiger charge is 2.28. The molecule has 0 radical (unpaired) electrons. The molecule has 1 nitrogen and oxygen atoms in total. The zero-order valence-electron chi connectivity index (χ0n) is 30.6. The van der Waals surface area contributed by atoms with E-state index in [2.05, 4.69) is 196 Å². The van der Waals surface area contributed by atoms with Crippen molar-refractivity contribution in [2.24, 2.45) is 0 Å². The SMILES string of the molecule is CC=CC=C(C)N(C(=CC)c1ccccc1C)c1ccc(-c2ccc(B(c3c(C)cc(C)cc3C)c3c(C)cc(C)cc3C)cc2)cc1. The van der Waals surface area contributed by atoms with Crippen LogP contribution < -0.4 is 21.3 Å². The van der Waals surface area contributed by atoms with Crippen LogP contribution in [0.15, 0.2) is 127 Å². The first-order valence-electron chi connectivity index (χ1n) is 17.2. The molecule has 242 valence electrons. The number of allylic oxidation sites excluding steroid dienone is 5. The number of hydrogen-bond acceptors (Lipinski definition) is 1. The van der Waals surface area contributed by atoms with E-state index in [1.807, 2.05) is 0 Å². The number of rotatable bonds is 9. The number of anilines is 1. The Morgan fingerprint density at radius 1 is 0.583 bits per heavy atom. The molecule has 0 unspecified atom stereocenters. The van der Waals surface area contributed by atoms with Crippen LogP contribution in [-0.2, 0) is 0 Å². The molecule has 0 amide bonds. The van der Waals surface area contributed by atoms with Gasteiger partial charge in [-0.25, -0.2) is 0 Å². The van der Waals surface area contributed by atoms with E-state index in [0.29, 0.717) is 0 Å². The Morgan fingerprint density at radius 3 is 1.52 bits per heavy atom. The van der Waals surface area contributed by atoms with Crippen molar-refractivity contribution in [3.63, 3.8) is 0 Å². The molecular weight excluding hydrogens is 577 g/mol. The van der Waals surface area contributed by atoms with Crippen LogP contribution in [0.4, 0.5) is 5.69 Å². The minimum Gasteiger partial charge on any atom is -0.314 e. The highest BCUT2D eigenvalue weighted by molar-refractivity contribution is 6.96. The number of aryl methyl sites for hydroxylation is 7. The van der Waals surface area contributed by atoms with Gasteiger partial charge in [-0.3, -0.25) is 0 Å². The first kappa shape index (κ1) is 34.5. The first-order valence-corrected chi connectivity index (χ1v) is 17.2. The first-order chi connectivity index (χ1) is 23.0. The van der Waals surface area contributed by atoms with Crippen LogP contribution >= 0.6 is 0 Å². The van der Waals surface area contributed by atoms with Crippen molar-refractivity contribution in [2.45, 2.75) is 69.2 Å². The molecule has 5 aromatic carbocycles. The molecular formula is C46H50BN. The summed E-state index contributed by atoms with van der Waals surface area (Å²) in [6.07, 6.45) is 8.58. The molecule has 0 aliphatic carbocycles. The second-order valence-electron chi connectivity index (χ2n) is 13.4. The molecule has 0 atom stereocenters. The maximum atomic E-state index is 2.36. The minimum atomic E-state index is 0.170. The Hall–Kier alpha value is -4.82. The van der Waals surface area contributed by atoms with Crippen molar-refractivity contribution in [1.29, 1.82) is 0 Å². The standard InChI is InChI=1S/C46H50BN/c1-11-13-17-38(10)48(44(12-2)43-18-15-14-16-33(43)5)42-25-21-40(22-26-42)39-19-23-41(24-20-39)47(45-34(6)27-31(3)28-35(45)7)46-36(8)29-32(4)30-37(46)9/h11-30H,1-10H3. The van der Waals surface area contributed by atoms with E-state index >= 15 is 0 Å². The van der Waals surface area contributed by atoms with Crippen molar-refractivity contribution in [2.75, 3.05) is 4.90 Å². The minimum absolute atomic E-state index is 0.170. The molecule has 0 saturated heterocycles. The lowest BCUT2D eigenvalue weighted by atomic mass is 9.34. The summed E-state index contributed by atoms with van der Waals surface area (Å²) >= 11 is 0. The average molecular weight is 628 g/mol. The molecule has 5 aromatic rings. The van der Waals surface area contributed by atoms with Gasteiger partial charge >= 0.3 is 0 Å². The zero-order valence-corrected chi connectivity index (χ0v) is 30.6. The third-order valence-electron chi connectivity index (χ3n) is 9.57. The van der Waals surface area contributed by atoms with Crippen LogP contribution in [0.2, 0.25) is 0 Å². The lowest BCUT2D eigenvalue weighted by molar-refractivity contribution is 1.15. The topological polar surface area (TPSA) is 3.24 Å². The van der Waals surface area contributed by atoms with E-state index in [1.165, 1.54) is 77.7 Å². The van der Waals surface area contributed by atoms with Gasteiger partial charge < -0.3 is 4.90 Å². The fraction of sp³-hybridized carbons (Fsp3) is 0.217. The van der Waals surface area contributed by atoms with Crippen molar-refractivity contribution < 1.29 is 0 Å². The predicted octanol–water partition coefficient (Wildman–Crippen LogP) is 10.4. The highest BCUT2D eigenvalue weighted by Crippen LogP contribution is 2.33. The monoisotopic (exact) mass is 627 g/mol. The van der Waals surface area contributed by atoms with Crippen molar-refractivity contribution >= 4 is 34.5 Å². The van der Waals surface area contributed by atoms with Gasteiger partial charge in [-0.15, -0.1) is 0 Å². The Morgan fingerprint density at radius 2 is 1.06 bits per heavy atom. The summed E-state index contributed by atoms with van der Waals surface area (Å²) in [5.41, 5.74) is 20.6. The molecule has 0 heterocycles. The summed E-state index contributed by atoms with van der Waals surface area (Å²) in [6, 6.07) is 36.3. The molecule has 0 bridgehead atoms. The van der Waals surface area contributed by atoms with Gasteiger partial charge in [0.2, 0.25) is 6.71 Å². The van der Waals surface area contributed by atoms with Crippen LogP contribution in [0, 0.1) is 48.5 Å². The van der Waals surface area contributed by atoms with Crippen LogP contribution in [0.3, 0.4) is 0 Å². The summed E-state index contributed by atoms with van der Waals surface area (Å²) in [5.74, 6) is 0. The average Bonchev–Trinajstić information content (AvgIpc) is 3.05. The van der Waals surface area contributed by atoms with E-state index in [4.69, 9.17) is 0 Å². The highest BCUT2D eigenvalue weighted by atomic mass is 15.2. The molecule has 0 aliphatic heterocycles. The molecule has 48 heavy (non-hydrogen) atoms. The van der Waals surface area contributed by atoms with Gasteiger partial charge in [0.15, 0.2) is 0 Å². The van der Waals surface area contributed by atoms with Crippen molar-refractivity contribution in [3.8, 4) is 11.1 Å². The molecule has 0 N–H and O–H groups in total. The van der Waals surface area contributed by atoms with Gasteiger partial charge in [0.05, 0.1) is 0 Å². The summed E-state index contributed by atoms with van der Waals surface area (Å²) in [6.45, 7) is 22.2. The van der Waals surface area contributed by atoms with E-state index in [-0.39, 0.29) is 6.71 Å². The van der Waals surface area contributed by atoms with Gasteiger partial charge in [-0.05, 0) is 104 Å². The smallest absolute Gasteiger partial charge is 0.242 e. The Balaban J connectivity index is 1.55.